The van der Waals surface area contributed by atoms with Crippen LogP contribution in [0.25, 0.3) is 6.08 Å². The third kappa shape index (κ3) is 9.88. The Balaban J connectivity index is 1.11. The third-order valence-electron chi connectivity index (χ3n) is 9.13. The molecule has 10 nitrogen and oxygen atoms in total. The summed E-state index contributed by atoms with van der Waals surface area (Å²) in [6.45, 7) is 4.60. The van der Waals surface area contributed by atoms with Crippen LogP contribution in [0.3, 0.4) is 0 Å². The van der Waals surface area contributed by atoms with E-state index in [9.17, 15) is 24.6 Å². The van der Waals surface area contributed by atoms with E-state index in [1.165, 1.54) is 31.4 Å². The molecule has 5 N–H and O–H groups in total. The van der Waals surface area contributed by atoms with Crippen molar-refractivity contribution in [1.82, 2.24) is 15.1 Å². The summed E-state index contributed by atoms with van der Waals surface area (Å²) in [6, 6.07) is 10.7. The minimum atomic E-state index is -0.866. The molecule has 10 heteroatoms. The molecule has 2 amide bonds. The Morgan fingerprint density at radius 2 is 1.80 bits per heavy atom. The van der Waals surface area contributed by atoms with Gasteiger partial charge in [-0.15, -0.1) is 0 Å². The Labute approximate surface area is 266 Å². The summed E-state index contributed by atoms with van der Waals surface area (Å²) in [5.74, 6) is 1.86. The van der Waals surface area contributed by atoms with Crippen LogP contribution in [0, 0.1) is 11.8 Å². The van der Waals surface area contributed by atoms with Gasteiger partial charge in [0.2, 0.25) is 11.8 Å². The molecule has 2 aromatic rings. The molecular formula is C35H49N5O5. The first-order valence-electron chi connectivity index (χ1n) is 16.2. The summed E-state index contributed by atoms with van der Waals surface area (Å²) in [4.78, 5) is 40.1. The molecule has 0 aromatic heterocycles. The zero-order valence-corrected chi connectivity index (χ0v) is 26.6. The number of rotatable bonds is 17. The first-order chi connectivity index (χ1) is 21.8. The van der Waals surface area contributed by atoms with Gasteiger partial charge >= 0.3 is 0 Å². The van der Waals surface area contributed by atoms with Crippen molar-refractivity contribution in [1.29, 1.82) is 0 Å². The number of aromatic hydroxyl groups is 1. The summed E-state index contributed by atoms with van der Waals surface area (Å²) >= 11 is 0. The van der Waals surface area contributed by atoms with Crippen molar-refractivity contribution < 1.29 is 24.6 Å². The number of aliphatic hydroxyl groups excluding tert-OH is 1. The number of carbonyl (C=O) groups is 3. The number of allylic oxidation sites excluding steroid dienone is 1. The average Bonchev–Trinajstić information content (AvgIpc) is 3.64. The molecule has 1 saturated carbocycles. The largest absolute Gasteiger partial charge is 0.506 e. The summed E-state index contributed by atoms with van der Waals surface area (Å²) < 4.78 is 0. The molecule has 0 radical (unpaired) electrons. The Kier molecular flexibility index (Phi) is 13.0. The van der Waals surface area contributed by atoms with Gasteiger partial charge in [0.15, 0.2) is 0 Å². The number of nitrogens with zero attached hydrogens (tertiary/aromatic N) is 2. The highest BCUT2D eigenvalue weighted by Crippen LogP contribution is 2.37. The van der Waals surface area contributed by atoms with Crippen LogP contribution in [0.1, 0.15) is 67.7 Å². The molecule has 244 valence electrons. The lowest BCUT2D eigenvalue weighted by Gasteiger charge is -2.20. The van der Waals surface area contributed by atoms with Gasteiger partial charge in [-0.25, -0.2) is 0 Å². The number of phenols is 1. The lowest BCUT2D eigenvalue weighted by Crippen LogP contribution is -2.32. The van der Waals surface area contributed by atoms with E-state index in [0.717, 1.165) is 49.1 Å². The Morgan fingerprint density at radius 3 is 2.49 bits per heavy atom. The fraction of sp³-hybridized carbons (Fsp3) is 0.514. The zero-order chi connectivity index (χ0) is 32.2. The SMILES string of the molecule is CNc1c(O)ccc(C(O)CNCc2ccc(NC(=O)CCCCN(C)C(=O)CCN3CC4CCCC4C3)cc2)c1/C=C\C=O. The van der Waals surface area contributed by atoms with Gasteiger partial charge in [-0.1, -0.05) is 24.6 Å². The minimum absolute atomic E-state index is 0.0307. The van der Waals surface area contributed by atoms with Crippen LogP contribution in [0.5, 0.6) is 5.75 Å². The number of aliphatic hydroxyl groups is 1. The standard InChI is InChI=1S/C35H49N5O5/c1-36-35-30(9-6-20-41)29(15-16-31(35)42)32(43)22-37-21-25-11-13-28(14-12-25)38-33(44)10-3-4-18-39(2)34(45)17-19-40-23-26-7-5-8-27(26)24-40/h6,9,11-16,20,26-27,32,36-37,42-43H,3-5,7-8,10,17-19,21-24H2,1-2H3,(H,38,44)/b9-6-. The topological polar surface area (TPSA) is 134 Å². The maximum Gasteiger partial charge on any atom is 0.224 e. The van der Waals surface area contributed by atoms with Gasteiger partial charge in [-0.3, -0.25) is 14.4 Å². The summed E-state index contributed by atoms with van der Waals surface area (Å²) in [5.41, 5.74) is 3.28. The quantitative estimate of drug-likeness (QED) is 0.0772. The molecule has 2 fully saturated rings. The number of aldehydes is 1. The predicted octanol–water partition coefficient (Wildman–Crippen LogP) is 4.16. The van der Waals surface area contributed by atoms with Gasteiger partial charge in [0, 0.05) is 77.5 Å². The van der Waals surface area contributed by atoms with Crippen LogP contribution in [-0.4, -0.2) is 84.9 Å². The number of nitrogens with one attached hydrogen (secondary N) is 3. The smallest absolute Gasteiger partial charge is 0.224 e. The van der Waals surface area contributed by atoms with Crippen LogP contribution < -0.4 is 16.0 Å². The van der Waals surface area contributed by atoms with Gasteiger partial charge < -0.3 is 36.0 Å². The van der Waals surface area contributed by atoms with E-state index in [-0.39, 0.29) is 24.1 Å². The minimum Gasteiger partial charge on any atom is -0.506 e. The van der Waals surface area contributed by atoms with Crippen molar-refractivity contribution in [2.45, 2.75) is 57.6 Å². The molecule has 3 unspecified atom stereocenters. The predicted molar refractivity (Wildman–Crippen MR) is 178 cm³/mol. The number of fused-ring (bicyclic) bond motifs is 1. The Bertz CT molecular complexity index is 1300. The number of hydrogen-bond donors (Lipinski definition) is 5. The highest BCUT2D eigenvalue weighted by atomic mass is 16.3. The van der Waals surface area contributed by atoms with Crippen molar-refractivity contribution >= 4 is 35.6 Å². The molecule has 4 rings (SSSR count). The number of carbonyl (C=O) groups excluding carboxylic acids is 3. The molecule has 0 spiro atoms. The fourth-order valence-electron chi connectivity index (χ4n) is 6.60. The highest BCUT2D eigenvalue weighted by molar-refractivity contribution is 5.90. The summed E-state index contributed by atoms with van der Waals surface area (Å²) in [7, 11) is 3.52. The van der Waals surface area contributed by atoms with Crippen molar-refractivity contribution in [3.05, 3.63) is 59.2 Å². The first-order valence-corrected chi connectivity index (χ1v) is 16.2. The molecule has 3 atom stereocenters. The second-order valence-corrected chi connectivity index (χ2v) is 12.3. The second-order valence-electron chi connectivity index (χ2n) is 12.3. The Morgan fingerprint density at radius 1 is 1.07 bits per heavy atom. The molecule has 2 aliphatic rings. The maximum absolute atomic E-state index is 12.6. The lowest BCUT2D eigenvalue weighted by atomic mass is 9.99. The van der Waals surface area contributed by atoms with Crippen molar-refractivity contribution in [2.24, 2.45) is 11.8 Å². The van der Waals surface area contributed by atoms with Crippen molar-refractivity contribution in [2.75, 3.05) is 57.5 Å². The maximum atomic E-state index is 12.6. The van der Waals surface area contributed by atoms with Crippen LogP contribution in [-0.2, 0) is 20.9 Å². The molecule has 1 heterocycles. The zero-order valence-electron chi connectivity index (χ0n) is 26.6. The number of benzene rings is 2. The van der Waals surface area contributed by atoms with Crippen LogP contribution in [0.2, 0.25) is 0 Å². The number of amides is 2. The summed E-state index contributed by atoms with van der Waals surface area (Å²) in [5, 5.41) is 30.0. The lowest BCUT2D eigenvalue weighted by molar-refractivity contribution is -0.130. The molecule has 1 saturated heterocycles. The molecule has 0 bridgehead atoms. The van der Waals surface area contributed by atoms with E-state index >= 15 is 0 Å². The van der Waals surface area contributed by atoms with Gasteiger partial charge in [0.1, 0.15) is 12.0 Å². The van der Waals surface area contributed by atoms with E-state index in [1.54, 1.807) is 24.1 Å². The van der Waals surface area contributed by atoms with Crippen molar-refractivity contribution in [3.8, 4) is 5.75 Å². The van der Waals surface area contributed by atoms with Gasteiger partial charge in [-0.05, 0) is 79.0 Å². The van der Waals surface area contributed by atoms with E-state index in [0.29, 0.717) is 55.5 Å². The molecular weight excluding hydrogens is 570 g/mol. The van der Waals surface area contributed by atoms with Crippen molar-refractivity contribution in [3.63, 3.8) is 0 Å². The monoisotopic (exact) mass is 619 g/mol. The fourth-order valence-corrected chi connectivity index (χ4v) is 6.60. The molecule has 1 aliphatic carbocycles. The molecule has 2 aromatic carbocycles. The van der Waals surface area contributed by atoms with E-state index in [2.05, 4.69) is 20.9 Å². The number of hydrogen-bond acceptors (Lipinski definition) is 8. The number of unbranched alkanes of at least 4 members (excludes halogenated alkanes) is 1. The van der Waals surface area contributed by atoms with Gasteiger partial charge in [-0.2, -0.15) is 0 Å². The third-order valence-corrected chi connectivity index (χ3v) is 9.13. The van der Waals surface area contributed by atoms with Crippen LogP contribution in [0.4, 0.5) is 11.4 Å². The number of anilines is 2. The highest BCUT2D eigenvalue weighted by Gasteiger charge is 2.35. The molecule has 45 heavy (non-hydrogen) atoms. The number of likely N-dealkylation sites (tertiary alicyclic amines) is 1. The average molecular weight is 620 g/mol. The van der Waals surface area contributed by atoms with E-state index in [4.69, 9.17) is 0 Å². The van der Waals surface area contributed by atoms with Gasteiger partial charge in [0.25, 0.3) is 0 Å². The number of phenolic OH excluding ortho intramolecular Hbond substituents is 1. The normalized spacial score (nSPS) is 18.6. The van der Waals surface area contributed by atoms with Crippen LogP contribution >= 0.6 is 0 Å². The first kappa shape index (κ1) is 34.1. The second kappa shape index (κ2) is 17.1. The van der Waals surface area contributed by atoms with E-state index < -0.39 is 6.10 Å². The van der Waals surface area contributed by atoms with E-state index in [1.807, 2.05) is 31.3 Å². The Hall–Kier alpha value is -3.73. The molecule has 1 aliphatic heterocycles. The van der Waals surface area contributed by atoms with Gasteiger partial charge in [0.05, 0.1) is 11.8 Å². The summed E-state index contributed by atoms with van der Waals surface area (Å²) in [6.07, 6.45) is 9.20. The van der Waals surface area contributed by atoms with Crippen LogP contribution in [0.15, 0.2) is 42.5 Å².